The van der Waals surface area contributed by atoms with Crippen LogP contribution in [-0.4, -0.2) is 44.9 Å². The zero-order valence-corrected chi connectivity index (χ0v) is 14.2. The molecule has 1 fully saturated rings. The van der Waals surface area contributed by atoms with Gasteiger partial charge >= 0.3 is 0 Å². The number of benzene rings is 1. The molecule has 1 aliphatic heterocycles. The van der Waals surface area contributed by atoms with Gasteiger partial charge in [0, 0.05) is 24.9 Å². The molecular weight excluding hydrogens is 322 g/mol. The number of carbonyl (C=O) groups excluding carboxylic acids is 1. The zero-order valence-electron chi connectivity index (χ0n) is 13.4. The third kappa shape index (κ3) is 2.92. The molecule has 7 heteroatoms. The van der Waals surface area contributed by atoms with Crippen molar-refractivity contribution in [3.63, 3.8) is 0 Å². The molecule has 0 radical (unpaired) electrons. The third-order valence-corrected chi connectivity index (χ3v) is 5.53. The van der Waals surface area contributed by atoms with Gasteiger partial charge in [0.15, 0.2) is 5.13 Å². The van der Waals surface area contributed by atoms with Crippen LogP contribution in [0.2, 0.25) is 0 Å². The van der Waals surface area contributed by atoms with Gasteiger partial charge in [0.2, 0.25) is 5.91 Å². The van der Waals surface area contributed by atoms with Gasteiger partial charge in [-0.05, 0) is 32.0 Å². The molecule has 4 rings (SSSR count). The van der Waals surface area contributed by atoms with Crippen molar-refractivity contribution in [3.05, 3.63) is 42.5 Å². The Hall–Kier alpha value is -2.25. The number of thiazole rings is 1. The van der Waals surface area contributed by atoms with E-state index in [0.29, 0.717) is 11.0 Å². The lowest BCUT2D eigenvalue weighted by atomic mass is 10.1. The SMILES string of the molecule is C[C@H](C(=O)Nc1nc2ccccc2s1)N1CC[C@H](c2ncc[nH]2)C1. The Balaban J connectivity index is 1.41. The van der Waals surface area contributed by atoms with Crippen LogP contribution in [0.15, 0.2) is 36.7 Å². The number of likely N-dealkylation sites (tertiary alicyclic amines) is 1. The van der Waals surface area contributed by atoms with E-state index in [4.69, 9.17) is 0 Å². The summed E-state index contributed by atoms with van der Waals surface area (Å²) in [6.45, 7) is 3.70. The number of aromatic amines is 1. The molecule has 0 unspecified atom stereocenters. The molecule has 3 heterocycles. The minimum atomic E-state index is -0.183. The number of nitrogens with one attached hydrogen (secondary N) is 2. The Morgan fingerprint density at radius 1 is 1.46 bits per heavy atom. The number of hydrogen-bond donors (Lipinski definition) is 2. The van der Waals surface area contributed by atoms with E-state index in [-0.39, 0.29) is 11.9 Å². The molecule has 1 amide bonds. The van der Waals surface area contributed by atoms with E-state index >= 15 is 0 Å². The summed E-state index contributed by atoms with van der Waals surface area (Å²) >= 11 is 1.51. The van der Waals surface area contributed by atoms with Crippen molar-refractivity contribution in [1.82, 2.24) is 19.9 Å². The number of anilines is 1. The molecule has 24 heavy (non-hydrogen) atoms. The average Bonchev–Trinajstić information content (AvgIpc) is 3.32. The first-order valence-corrected chi connectivity index (χ1v) is 8.92. The molecule has 1 aromatic carbocycles. The molecule has 2 aromatic heterocycles. The van der Waals surface area contributed by atoms with Crippen molar-refractivity contribution in [3.8, 4) is 0 Å². The third-order valence-electron chi connectivity index (χ3n) is 4.58. The Kier molecular flexibility index (Phi) is 4.03. The lowest BCUT2D eigenvalue weighted by molar-refractivity contribution is -0.120. The van der Waals surface area contributed by atoms with Gasteiger partial charge in [-0.25, -0.2) is 9.97 Å². The van der Waals surface area contributed by atoms with Crippen LogP contribution < -0.4 is 5.32 Å². The van der Waals surface area contributed by atoms with Crippen molar-refractivity contribution < 1.29 is 4.79 Å². The zero-order chi connectivity index (χ0) is 16.5. The molecule has 6 nitrogen and oxygen atoms in total. The van der Waals surface area contributed by atoms with Crippen LogP contribution in [-0.2, 0) is 4.79 Å². The number of imidazole rings is 1. The number of hydrogen-bond acceptors (Lipinski definition) is 5. The summed E-state index contributed by atoms with van der Waals surface area (Å²) in [4.78, 5) is 26.7. The number of H-pyrrole nitrogens is 1. The Labute approximate surface area is 143 Å². The van der Waals surface area contributed by atoms with Gasteiger partial charge < -0.3 is 10.3 Å². The predicted octanol–water partition coefficient (Wildman–Crippen LogP) is 2.84. The van der Waals surface area contributed by atoms with E-state index in [1.807, 2.05) is 37.4 Å². The Bertz CT molecular complexity index is 811. The summed E-state index contributed by atoms with van der Waals surface area (Å²) < 4.78 is 1.08. The molecule has 0 aliphatic carbocycles. The van der Waals surface area contributed by atoms with E-state index < -0.39 is 0 Å². The second-order valence-corrected chi connectivity index (χ2v) is 7.14. The number of nitrogens with zero attached hydrogens (tertiary/aromatic N) is 3. The topological polar surface area (TPSA) is 73.9 Å². The van der Waals surface area contributed by atoms with Crippen LogP contribution in [0, 0.1) is 0 Å². The highest BCUT2D eigenvalue weighted by atomic mass is 32.1. The van der Waals surface area contributed by atoms with Crippen LogP contribution in [0.3, 0.4) is 0 Å². The summed E-state index contributed by atoms with van der Waals surface area (Å²) in [5, 5.41) is 3.62. The van der Waals surface area contributed by atoms with Crippen LogP contribution in [0.25, 0.3) is 10.2 Å². The first kappa shape index (κ1) is 15.3. The maximum absolute atomic E-state index is 12.6. The average molecular weight is 341 g/mol. The monoisotopic (exact) mass is 341 g/mol. The number of fused-ring (bicyclic) bond motifs is 1. The highest BCUT2D eigenvalue weighted by molar-refractivity contribution is 7.22. The van der Waals surface area contributed by atoms with E-state index in [9.17, 15) is 4.79 Å². The number of rotatable bonds is 4. The second kappa shape index (κ2) is 6.33. The maximum atomic E-state index is 12.6. The van der Waals surface area contributed by atoms with Gasteiger partial charge in [-0.2, -0.15) is 0 Å². The van der Waals surface area contributed by atoms with E-state index in [2.05, 4.69) is 25.2 Å². The van der Waals surface area contributed by atoms with Crippen molar-refractivity contribution >= 4 is 32.6 Å². The minimum Gasteiger partial charge on any atom is -0.348 e. The number of amides is 1. The first-order valence-electron chi connectivity index (χ1n) is 8.10. The van der Waals surface area contributed by atoms with Gasteiger partial charge in [0.1, 0.15) is 5.82 Å². The molecule has 1 aliphatic rings. The van der Waals surface area contributed by atoms with Crippen LogP contribution in [0.5, 0.6) is 0 Å². The summed E-state index contributed by atoms with van der Waals surface area (Å²) in [6, 6.07) is 7.72. The van der Waals surface area contributed by atoms with Gasteiger partial charge in [0.25, 0.3) is 0 Å². The van der Waals surface area contributed by atoms with E-state index in [1.165, 1.54) is 11.3 Å². The first-order chi connectivity index (χ1) is 11.7. The quantitative estimate of drug-likeness (QED) is 0.765. The van der Waals surface area contributed by atoms with Gasteiger partial charge in [-0.3, -0.25) is 9.69 Å². The van der Waals surface area contributed by atoms with Crippen molar-refractivity contribution in [2.75, 3.05) is 18.4 Å². The molecule has 2 atom stereocenters. The van der Waals surface area contributed by atoms with E-state index in [0.717, 1.165) is 35.6 Å². The molecule has 1 saturated heterocycles. The second-order valence-electron chi connectivity index (χ2n) is 6.11. The fraction of sp³-hybridized carbons (Fsp3) is 0.353. The Morgan fingerprint density at radius 3 is 3.12 bits per heavy atom. The summed E-state index contributed by atoms with van der Waals surface area (Å²) in [5.41, 5.74) is 0.921. The molecule has 2 N–H and O–H groups in total. The largest absolute Gasteiger partial charge is 0.348 e. The van der Waals surface area contributed by atoms with Gasteiger partial charge in [0.05, 0.1) is 16.3 Å². The van der Waals surface area contributed by atoms with E-state index in [1.54, 1.807) is 6.20 Å². The van der Waals surface area contributed by atoms with Crippen LogP contribution >= 0.6 is 11.3 Å². The Morgan fingerprint density at radius 2 is 2.33 bits per heavy atom. The van der Waals surface area contributed by atoms with Crippen molar-refractivity contribution in [1.29, 1.82) is 0 Å². The molecular formula is C17H19N5OS. The smallest absolute Gasteiger partial charge is 0.243 e. The van der Waals surface area contributed by atoms with Gasteiger partial charge in [-0.15, -0.1) is 0 Å². The number of carbonyl (C=O) groups is 1. The fourth-order valence-corrected chi connectivity index (χ4v) is 4.03. The normalized spacial score (nSPS) is 19.6. The van der Waals surface area contributed by atoms with Crippen molar-refractivity contribution in [2.45, 2.75) is 25.3 Å². The summed E-state index contributed by atoms with van der Waals surface area (Å²) in [7, 11) is 0. The highest BCUT2D eigenvalue weighted by Crippen LogP contribution is 2.28. The molecule has 124 valence electrons. The fourth-order valence-electron chi connectivity index (χ4n) is 3.16. The lowest BCUT2D eigenvalue weighted by Crippen LogP contribution is -2.40. The predicted molar refractivity (Wildman–Crippen MR) is 95.2 cm³/mol. The molecule has 3 aromatic rings. The molecule has 0 saturated carbocycles. The maximum Gasteiger partial charge on any atom is 0.243 e. The molecule has 0 bridgehead atoms. The van der Waals surface area contributed by atoms with Crippen molar-refractivity contribution in [2.24, 2.45) is 0 Å². The number of para-hydroxylation sites is 1. The standard InChI is InChI=1S/C17H19N5OS/c1-11(22-9-6-12(10-22)15-18-7-8-19-15)16(23)21-17-20-13-4-2-3-5-14(13)24-17/h2-5,7-8,11-12H,6,9-10H2,1H3,(H,18,19)(H,20,21,23)/t11-,12+/m1/s1. The van der Waals surface area contributed by atoms with Gasteiger partial charge in [-0.1, -0.05) is 23.5 Å². The minimum absolute atomic E-state index is 0.00542. The van der Waals surface area contributed by atoms with Crippen LogP contribution in [0.4, 0.5) is 5.13 Å². The summed E-state index contributed by atoms with van der Waals surface area (Å²) in [6.07, 6.45) is 4.65. The molecule has 0 spiro atoms. The van der Waals surface area contributed by atoms with Crippen LogP contribution in [0.1, 0.15) is 25.1 Å². The summed E-state index contributed by atoms with van der Waals surface area (Å²) in [5.74, 6) is 1.38. The number of aromatic nitrogens is 3. The lowest BCUT2D eigenvalue weighted by Gasteiger charge is -2.22. The highest BCUT2D eigenvalue weighted by Gasteiger charge is 2.31.